The lowest BCUT2D eigenvalue weighted by molar-refractivity contribution is -0.113. The SMILES string of the molecule is Cc1ccc(N2C(=O)/C(=C/c3ccc4c(c3)OCO4)N=C2SCc2nnc(C)o2)cc1. The summed E-state index contributed by atoms with van der Waals surface area (Å²) in [4.78, 5) is 19.5. The Hall–Kier alpha value is -3.59. The number of hydrogen-bond donors (Lipinski definition) is 0. The van der Waals surface area contributed by atoms with Crippen LogP contribution in [0.15, 0.2) is 57.6 Å². The molecular weight excluding hydrogens is 416 g/mol. The molecule has 2 aliphatic heterocycles. The Morgan fingerprint density at radius 2 is 1.87 bits per heavy atom. The van der Waals surface area contributed by atoms with Gasteiger partial charge in [-0.1, -0.05) is 35.5 Å². The summed E-state index contributed by atoms with van der Waals surface area (Å²) >= 11 is 1.37. The molecule has 0 N–H and O–H groups in total. The van der Waals surface area contributed by atoms with Crippen molar-refractivity contribution in [2.75, 3.05) is 11.7 Å². The second-order valence-corrected chi connectivity index (χ2v) is 7.96. The lowest BCUT2D eigenvalue weighted by Crippen LogP contribution is -2.30. The number of carbonyl (C=O) groups excluding carboxylic acids is 1. The van der Waals surface area contributed by atoms with Crippen LogP contribution in [0.5, 0.6) is 11.5 Å². The van der Waals surface area contributed by atoms with E-state index < -0.39 is 0 Å². The molecule has 0 radical (unpaired) electrons. The van der Waals surface area contributed by atoms with Crippen LogP contribution in [-0.2, 0) is 10.5 Å². The summed E-state index contributed by atoms with van der Waals surface area (Å²) in [7, 11) is 0. The average Bonchev–Trinajstić information content (AvgIpc) is 3.47. The van der Waals surface area contributed by atoms with Gasteiger partial charge in [0.1, 0.15) is 5.70 Å². The molecule has 0 aliphatic carbocycles. The predicted molar refractivity (Wildman–Crippen MR) is 117 cm³/mol. The number of fused-ring (bicyclic) bond motifs is 1. The van der Waals surface area contributed by atoms with Gasteiger partial charge in [-0.2, -0.15) is 0 Å². The largest absolute Gasteiger partial charge is 0.454 e. The summed E-state index contributed by atoms with van der Waals surface area (Å²) in [5.41, 5.74) is 3.00. The summed E-state index contributed by atoms with van der Waals surface area (Å²) in [6.07, 6.45) is 1.75. The van der Waals surface area contributed by atoms with E-state index in [-0.39, 0.29) is 12.7 Å². The van der Waals surface area contributed by atoms with Crippen LogP contribution in [0.1, 0.15) is 22.9 Å². The van der Waals surface area contributed by atoms with Gasteiger partial charge in [-0.3, -0.25) is 9.69 Å². The molecule has 0 atom stereocenters. The first kappa shape index (κ1) is 19.4. The molecule has 3 heterocycles. The molecule has 2 aromatic carbocycles. The maximum absolute atomic E-state index is 13.3. The molecule has 0 unspecified atom stereocenters. The van der Waals surface area contributed by atoms with E-state index >= 15 is 0 Å². The molecule has 31 heavy (non-hydrogen) atoms. The quantitative estimate of drug-likeness (QED) is 0.571. The molecule has 0 fully saturated rings. The fourth-order valence-corrected chi connectivity index (χ4v) is 4.05. The van der Waals surface area contributed by atoms with E-state index in [0.717, 1.165) is 16.8 Å². The molecule has 0 bridgehead atoms. The Bertz CT molecular complexity index is 1220. The molecule has 1 aromatic heterocycles. The van der Waals surface area contributed by atoms with Crippen LogP contribution in [-0.4, -0.2) is 28.1 Å². The summed E-state index contributed by atoms with van der Waals surface area (Å²) in [5.74, 6) is 2.53. The van der Waals surface area contributed by atoms with Gasteiger partial charge in [-0.25, -0.2) is 4.99 Å². The summed E-state index contributed by atoms with van der Waals surface area (Å²) in [5, 5.41) is 8.42. The lowest BCUT2D eigenvalue weighted by Gasteiger charge is -2.17. The van der Waals surface area contributed by atoms with Crippen molar-refractivity contribution in [3.8, 4) is 11.5 Å². The number of thioether (sulfide) groups is 1. The van der Waals surface area contributed by atoms with E-state index in [1.54, 1.807) is 17.9 Å². The number of benzene rings is 2. The van der Waals surface area contributed by atoms with E-state index in [0.29, 0.717) is 39.9 Å². The summed E-state index contributed by atoms with van der Waals surface area (Å²) in [6, 6.07) is 13.3. The molecule has 9 heteroatoms. The number of rotatable bonds is 4. The van der Waals surface area contributed by atoms with Crippen LogP contribution in [0.2, 0.25) is 0 Å². The van der Waals surface area contributed by atoms with Crippen molar-refractivity contribution in [2.45, 2.75) is 19.6 Å². The third-order valence-electron chi connectivity index (χ3n) is 4.71. The minimum Gasteiger partial charge on any atom is -0.454 e. The molecule has 5 rings (SSSR count). The molecule has 0 saturated carbocycles. The highest BCUT2D eigenvalue weighted by Gasteiger charge is 2.32. The van der Waals surface area contributed by atoms with Gasteiger partial charge in [0, 0.05) is 6.92 Å². The van der Waals surface area contributed by atoms with Crippen molar-refractivity contribution in [2.24, 2.45) is 4.99 Å². The number of aromatic nitrogens is 2. The molecule has 0 saturated heterocycles. The molecule has 156 valence electrons. The number of aliphatic imine (C=N–C) groups is 1. The minimum absolute atomic E-state index is 0.198. The van der Waals surface area contributed by atoms with E-state index in [9.17, 15) is 4.79 Å². The number of amides is 1. The van der Waals surface area contributed by atoms with Crippen molar-refractivity contribution >= 4 is 34.6 Å². The van der Waals surface area contributed by atoms with Gasteiger partial charge in [-0.05, 0) is 42.8 Å². The van der Waals surface area contributed by atoms with E-state index in [1.807, 2.05) is 49.4 Å². The zero-order valence-electron chi connectivity index (χ0n) is 16.9. The van der Waals surface area contributed by atoms with Crippen LogP contribution in [0.25, 0.3) is 6.08 Å². The fourth-order valence-electron chi connectivity index (χ4n) is 3.20. The van der Waals surface area contributed by atoms with Gasteiger partial charge < -0.3 is 13.9 Å². The first-order chi connectivity index (χ1) is 15.1. The zero-order chi connectivity index (χ0) is 21.4. The number of anilines is 1. The molecule has 2 aliphatic rings. The van der Waals surface area contributed by atoms with Gasteiger partial charge >= 0.3 is 0 Å². The van der Waals surface area contributed by atoms with Gasteiger partial charge in [-0.15, -0.1) is 10.2 Å². The number of nitrogens with zero attached hydrogens (tertiary/aromatic N) is 4. The van der Waals surface area contributed by atoms with E-state index in [2.05, 4.69) is 15.2 Å². The first-order valence-corrected chi connectivity index (χ1v) is 10.6. The van der Waals surface area contributed by atoms with Gasteiger partial charge in [0.15, 0.2) is 16.7 Å². The lowest BCUT2D eigenvalue weighted by atomic mass is 10.1. The standard InChI is InChI=1S/C22H18N4O4S/c1-13-3-6-16(7-4-13)26-21(27)17(9-15-5-8-18-19(10-15)29-12-28-18)23-22(26)31-11-20-25-24-14(2)30-20/h3-10H,11-12H2,1-2H3/b17-9-. The van der Waals surface area contributed by atoms with Crippen LogP contribution < -0.4 is 14.4 Å². The zero-order valence-corrected chi connectivity index (χ0v) is 17.7. The minimum atomic E-state index is -0.203. The van der Waals surface area contributed by atoms with Crippen LogP contribution in [0, 0.1) is 13.8 Å². The topological polar surface area (TPSA) is 90.1 Å². The highest BCUT2D eigenvalue weighted by Crippen LogP contribution is 2.35. The molecule has 1 amide bonds. The van der Waals surface area contributed by atoms with E-state index in [4.69, 9.17) is 13.9 Å². The van der Waals surface area contributed by atoms with Crippen molar-refractivity contribution in [3.63, 3.8) is 0 Å². The maximum Gasteiger partial charge on any atom is 0.283 e. The number of ether oxygens (including phenoxy) is 2. The van der Waals surface area contributed by atoms with Gasteiger partial charge in [0.25, 0.3) is 5.91 Å². The Morgan fingerprint density at radius 3 is 2.65 bits per heavy atom. The third-order valence-corrected chi connectivity index (χ3v) is 5.64. The Balaban J connectivity index is 1.47. The normalized spacial score (nSPS) is 16.3. The average molecular weight is 434 g/mol. The van der Waals surface area contributed by atoms with Gasteiger partial charge in [0.2, 0.25) is 18.6 Å². The Morgan fingerprint density at radius 1 is 1.06 bits per heavy atom. The highest BCUT2D eigenvalue weighted by atomic mass is 32.2. The second kappa shape index (κ2) is 7.92. The summed E-state index contributed by atoms with van der Waals surface area (Å²) < 4.78 is 16.2. The number of amidine groups is 1. The maximum atomic E-state index is 13.3. The van der Waals surface area contributed by atoms with Crippen molar-refractivity contribution in [1.82, 2.24) is 10.2 Å². The monoisotopic (exact) mass is 434 g/mol. The Labute approximate surface area is 182 Å². The van der Waals surface area contributed by atoms with Crippen LogP contribution in [0.3, 0.4) is 0 Å². The van der Waals surface area contributed by atoms with Crippen molar-refractivity contribution in [3.05, 3.63) is 71.1 Å². The summed E-state index contributed by atoms with van der Waals surface area (Å²) in [6.45, 7) is 3.94. The molecule has 0 spiro atoms. The number of hydrogen-bond acceptors (Lipinski definition) is 8. The number of aryl methyl sites for hydroxylation is 2. The number of carbonyl (C=O) groups is 1. The predicted octanol–water partition coefficient (Wildman–Crippen LogP) is 4.09. The van der Waals surface area contributed by atoms with Crippen LogP contribution in [0.4, 0.5) is 5.69 Å². The van der Waals surface area contributed by atoms with E-state index in [1.165, 1.54) is 11.8 Å². The van der Waals surface area contributed by atoms with Gasteiger partial charge in [0.05, 0.1) is 11.4 Å². The fraction of sp³-hybridized carbons (Fsp3) is 0.182. The Kier molecular flexibility index (Phi) is 4.95. The molecule has 8 nitrogen and oxygen atoms in total. The second-order valence-electron chi connectivity index (χ2n) is 7.02. The highest BCUT2D eigenvalue weighted by molar-refractivity contribution is 8.13. The smallest absolute Gasteiger partial charge is 0.283 e. The van der Waals surface area contributed by atoms with Crippen molar-refractivity contribution in [1.29, 1.82) is 0 Å². The molecule has 3 aromatic rings. The third kappa shape index (κ3) is 3.91. The molecular formula is C22H18N4O4S. The van der Waals surface area contributed by atoms with Crippen LogP contribution >= 0.6 is 11.8 Å². The first-order valence-electron chi connectivity index (χ1n) is 9.60. The van der Waals surface area contributed by atoms with Crippen molar-refractivity contribution < 1.29 is 18.7 Å².